The molecule has 2 aromatic rings. The van der Waals surface area contributed by atoms with E-state index in [1.165, 1.54) is 0 Å². The van der Waals surface area contributed by atoms with Crippen molar-refractivity contribution in [3.05, 3.63) is 41.8 Å². The topological polar surface area (TPSA) is 87.5 Å². The van der Waals surface area contributed by atoms with E-state index >= 15 is 0 Å². The van der Waals surface area contributed by atoms with Crippen LogP contribution in [0, 0.1) is 0 Å². The van der Waals surface area contributed by atoms with E-state index in [1.807, 2.05) is 30.0 Å². The van der Waals surface area contributed by atoms with Crippen LogP contribution in [0.15, 0.2) is 34.9 Å². The number of nitrogens with one attached hydrogen (secondary N) is 2. The fourth-order valence-corrected chi connectivity index (χ4v) is 3.09. The van der Waals surface area contributed by atoms with Gasteiger partial charge in [0.15, 0.2) is 5.76 Å². The van der Waals surface area contributed by atoms with Crippen LogP contribution in [0.5, 0.6) is 0 Å². The van der Waals surface area contributed by atoms with E-state index in [0.29, 0.717) is 17.9 Å². The number of urea groups is 1. The van der Waals surface area contributed by atoms with Crippen LogP contribution in [-0.4, -0.2) is 23.1 Å². The number of aryl methyl sites for hydroxylation is 1. The summed E-state index contributed by atoms with van der Waals surface area (Å²) in [4.78, 5) is 25.8. The molecule has 138 valence electrons. The molecular formula is C19H24N4O3. The van der Waals surface area contributed by atoms with Crippen LogP contribution in [0.3, 0.4) is 0 Å². The molecule has 0 unspecified atom stereocenters. The van der Waals surface area contributed by atoms with Gasteiger partial charge in [-0.05, 0) is 44.0 Å². The minimum absolute atomic E-state index is 0.144. The number of nitrogens with zero attached hydrogens (tertiary/aromatic N) is 2. The number of benzene rings is 1. The first kappa shape index (κ1) is 18.0. The molecule has 1 aromatic carbocycles. The van der Waals surface area contributed by atoms with E-state index in [4.69, 9.17) is 4.52 Å². The van der Waals surface area contributed by atoms with Gasteiger partial charge in [-0.3, -0.25) is 4.79 Å². The van der Waals surface area contributed by atoms with Gasteiger partial charge < -0.3 is 20.1 Å². The van der Waals surface area contributed by atoms with Gasteiger partial charge >= 0.3 is 6.03 Å². The maximum atomic E-state index is 12.0. The van der Waals surface area contributed by atoms with Crippen molar-refractivity contribution in [1.82, 2.24) is 10.5 Å². The number of anilines is 2. The molecule has 0 bridgehead atoms. The van der Waals surface area contributed by atoms with Crippen LogP contribution in [0.1, 0.15) is 44.6 Å². The summed E-state index contributed by atoms with van der Waals surface area (Å²) in [5.41, 5.74) is 2.41. The predicted molar refractivity (Wildman–Crippen MR) is 99.0 cm³/mol. The average Bonchev–Trinajstić information content (AvgIpc) is 3.21. The van der Waals surface area contributed by atoms with Crippen molar-refractivity contribution < 1.29 is 14.1 Å². The van der Waals surface area contributed by atoms with Crippen LogP contribution < -0.4 is 15.5 Å². The van der Waals surface area contributed by atoms with Crippen molar-refractivity contribution in [2.45, 2.75) is 52.1 Å². The normalized spacial score (nSPS) is 16.8. The van der Waals surface area contributed by atoms with E-state index in [1.54, 1.807) is 12.1 Å². The Bertz CT molecular complexity index is 769. The lowest BCUT2D eigenvalue weighted by molar-refractivity contribution is -0.117. The Morgan fingerprint density at radius 2 is 2.12 bits per heavy atom. The molecule has 0 spiro atoms. The Hall–Kier alpha value is -2.83. The van der Waals surface area contributed by atoms with Gasteiger partial charge in [0.2, 0.25) is 5.91 Å². The van der Waals surface area contributed by atoms with E-state index in [2.05, 4.69) is 22.7 Å². The van der Waals surface area contributed by atoms with Crippen molar-refractivity contribution in [3.8, 4) is 0 Å². The summed E-state index contributed by atoms with van der Waals surface area (Å²) in [6.45, 7) is 4.39. The van der Waals surface area contributed by atoms with Gasteiger partial charge in [0.1, 0.15) is 0 Å². The predicted octanol–water partition coefficient (Wildman–Crippen LogP) is 3.46. The van der Waals surface area contributed by atoms with Gasteiger partial charge in [-0.15, -0.1) is 0 Å². The molecule has 1 atom stereocenters. The molecule has 7 nitrogen and oxygen atoms in total. The van der Waals surface area contributed by atoms with Crippen molar-refractivity contribution in [1.29, 1.82) is 0 Å². The summed E-state index contributed by atoms with van der Waals surface area (Å²) in [6.07, 6.45) is 3.33. The highest BCUT2D eigenvalue weighted by molar-refractivity contribution is 5.96. The van der Waals surface area contributed by atoms with Gasteiger partial charge in [-0.2, -0.15) is 0 Å². The van der Waals surface area contributed by atoms with Crippen LogP contribution in [0.25, 0.3) is 0 Å². The number of hydrogen-bond donors (Lipinski definition) is 2. The van der Waals surface area contributed by atoms with E-state index in [0.717, 1.165) is 30.6 Å². The zero-order valence-corrected chi connectivity index (χ0v) is 15.1. The molecule has 0 saturated carbocycles. The molecule has 1 saturated heterocycles. The number of rotatable bonds is 6. The van der Waals surface area contributed by atoms with Crippen LogP contribution >= 0.6 is 0 Å². The molecule has 2 heterocycles. The fraction of sp³-hybridized carbons (Fsp3) is 0.421. The Kier molecular flexibility index (Phi) is 5.55. The van der Waals surface area contributed by atoms with Gasteiger partial charge in [0, 0.05) is 29.9 Å². The van der Waals surface area contributed by atoms with Gasteiger partial charge in [0.05, 0.1) is 12.2 Å². The minimum atomic E-state index is -0.322. The summed E-state index contributed by atoms with van der Waals surface area (Å²) in [5, 5.41) is 9.46. The lowest BCUT2D eigenvalue weighted by Gasteiger charge is -2.21. The largest absolute Gasteiger partial charge is 0.359 e. The minimum Gasteiger partial charge on any atom is -0.359 e. The smallest absolute Gasteiger partial charge is 0.319 e. The Morgan fingerprint density at radius 3 is 2.77 bits per heavy atom. The van der Waals surface area contributed by atoms with Gasteiger partial charge in [-0.25, -0.2) is 4.79 Å². The third-order valence-electron chi connectivity index (χ3n) is 4.43. The molecule has 7 heteroatoms. The number of hydrogen-bond acceptors (Lipinski definition) is 4. The van der Waals surface area contributed by atoms with Crippen molar-refractivity contribution in [2.75, 3.05) is 10.2 Å². The standard InChI is InChI=1S/C19H24N4O3/c1-3-4-15-11-17(26-22-15)12-20-19(25)21-14-6-8-16(9-7-14)23-13(2)5-10-18(23)24/h6-9,11,13H,3-5,10,12H2,1-2H3,(H2,20,21,25)/t13-/m0/s1. The zero-order valence-electron chi connectivity index (χ0n) is 15.1. The molecule has 1 aliphatic heterocycles. The van der Waals surface area contributed by atoms with Crippen LogP contribution in [0.2, 0.25) is 0 Å². The Balaban J connectivity index is 1.51. The Labute approximate surface area is 152 Å². The Morgan fingerprint density at radius 1 is 1.35 bits per heavy atom. The lowest BCUT2D eigenvalue weighted by atomic mass is 10.2. The first-order chi connectivity index (χ1) is 12.6. The van der Waals surface area contributed by atoms with Crippen LogP contribution in [0.4, 0.5) is 16.2 Å². The molecule has 1 aliphatic rings. The van der Waals surface area contributed by atoms with E-state index < -0.39 is 0 Å². The summed E-state index contributed by atoms with van der Waals surface area (Å²) in [7, 11) is 0. The summed E-state index contributed by atoms with van der Waals surface area (Å²) >= 11 is 0. The maximum absolute atomic E-state index is 12.0. The molecule has 2 N–H and O–H groups in total. The summed E-state index contributed by atoms with van der Waals surface area (Å²) < 4.78 is 5.18. The lowest BCUT2D eigenvalue weighted by Crippen LogP contribution is -2.30. The molecular weight excluding hydrogens is 332 g/mol. The maximum Gasteiger partial charge on any atom is 0.319 e. The first-order valence-electron chi connectivity index (χ1n) is 8.98. The quantitative estimate of drug-likeness (QED) is 0.830. The number of amides is 3. The number of carbonyl (C=O) groups is 2. The number of carbonyl (C=O) groups excluding carboxylic acids is 2. The molecule has 0 aliphatic carbocycles. The zero-order chi connectivity index (χ0) is 18.5. The molecule has 1 aromatic heterocycles. The highest BCUT2D eigenvalue weighted by Crippen LogP contribution is 2.27. The second-order valence-corrected chi connectivity index (χ2v) is 6.54. The monoisotopic (exact) mass is 356 g/mol. The second-order valence-electron chi connectivity index (χ2n) is 6.54. The highest BCUT2D eigenvalue weighted by atomic mass is 16.5. The third kappa shape index (κ3) is 4.22. The molecule has 0 radical (unpaired) electrons. The second kappa shape index (κ2) is 8.03. The summed E-state index contributed by atoms with van der Waals surface area (Å²) in [6, 6.07) is 9.03. The van der Waals surface area contributed by atoms with E-state index in [9.17, 15) is 9.59 Å². The fourth-order valence-electron chi connectivity index (χ4n) is 3.09. The SMILES string of the molecule is CCCc1cc(CNC(=O)Nc2ccc(N3C(=O)CC[C@@H]3C)cc2)on1. The first-order valence-corrected chi connectivity index (χ1v) is 8.98. The number of aromatic nitrogens is 1. The van der Waals surface area contributed by atoms with Crippen LogP contribution in [-0.2, 0) is 17.8 Å². The third-order valence-corrected chi connectivity index (χ3v) is 4.43. The average molecular weight is 356 g/mol. The van der Waals surface area contributed by atoms with Gasteiger partial charge in [-0.1, -0.05) is 18.5 Å². The highest BCUT2D eigenvalue weighted by Gasteiger charge is 2.28. The molecule has 3 rings (SSSR count). The molecule has 26 heavy (non-hydrogen) atoms. The van der Waals surface area contributed by atoms with Crippen molar-refractivity contribution >= 4 is 23.3 Å². The summed E-state index contributed by atoms with van der Waals surface area (Å²) in [5.74, 6) is 0.769. The van der Waals surface area contributed by atoms with Crippen molar-refractivity contribution in [3.63, 3.8) is 0 Å². The van der Waals surface area contributed by atoms with E-state index in [-0.39, 0.29) is 24.5 Å². The molecule has 3 amide bonds. The van der Waals surface area contributed by atoms with Gasteiger partial charge in [0.25, 0.3) is 0 Å². The molecule has 1 fully saturated rings. The van der Waals surface area contributed by atoms with Crippen molar-refractivity contribution in [2.24, 2.45) is 0 Å².